The highest BCUT2D eigenvalue weighted by molar-refractivity contribution is 6.34. The first kappa shape index (κ1) is 27.1. The Morgan fingerprint density at radius 3 is 2.40 bits per heavy atom. The summed E-state index contributed by atoms with van der Waals surface area (Å²) in [6, 6.07) is 15.3. The Hall–Kier alpha value is -3.79. The predicted octanol–water partition coefficient (Wildman–Crippen LogP) is 6.06. The van der Waals surface area contributed by atoms with E-state index in [-0.39, 0.29) is 0 Å². The van der Waals surface area contributed by atoms with Gasteiger partial charge in [0.25, 0.3) is 0 Å². The van der Waals surface area contributed by atoms with Crippen molar-refractivity contribution in [2.24, 2.45) is 0 Å². The number of hydrogen-bond donors (Lipinski definition) is 2. The number of piperazine rings is 1. The largest absolute Gasteiger partial charge is 0.383 e. The number of nitrogens with one attached hydrogen (secondary N) is 1. The fourth-order valence-corrected chi connectivity index (χ4v) is 6.85. The molecule has 1 saturated carbocycles. The molecule has 9 nitrogen and oxygen atoms in total. The molecule has 0 atom stereocenters. The maximum atomic E-state index is 6.45. The smallest absolute Gasteiger partial charge is 0.229 e. The van der Waals surface area contributed by atoms with Crippen LogP contribution < -0.4 is 11.1 Å². The lowest BCUT2D eigenvalue weighted by Crippen LogP contribution is -2.49. The van der Waals surface area contributed by atoms with E-state index in [1.807, 2.05) is 37.3 Å². The number of hydrogen-bond acceptors (Lipinski definition) is 8. The number of nitrogens with zero attached hydrogens (tertiary/aromatic N) is 7. The molecule has 10 heteroatoms. The first-order valence-electron chi connectivity index (χ1n) is 14.8. The molecular weight excluding hydrogens is 546 g/mol. The van der Waals surface area contributed by atoms with Gasteiger partial charge in [0.05, 0.1) is 10.9 Å². The van der Waals surface area contributed by atoms with Crippen molar-refractivity contribution in [2.75, 3.05) is 44.3 Å². The lowest BCUT2D eigenvalue weighted by Gasteiger charge is -2.41. The number of nitrogen functional groups attached to an aromatic ring is 1. The summed E-state index contributed by atoms with van der Waals surface area (Å²) in [5, 5.41) is 5.49. The highest BCUT2D eigenvalue weighted by atomic mass is 35.5. The second-order valence-electron chi connectivity index (χ2n) is 11.8. The summed E-state index contributed by atoms with van der Waals surface area (Å²) in [5.74, 6) is 0.976. The molecule has 0 bridgehead atoms. The topological polar surface area (TPSA) is 101 Å². The SMILES string of the molecule is Cc1ccc2c(Cl)nc(Nc3ccc(-c4cn([C@H]5CC[C@H](N6CCN(C)CC6)CC5)c5ncnc(N)c45)cc3)nc2c1. The van der Waals surface area contributed by atoms with Gasteiger partial charge in [0.15, 0.2) is 0 Å². The van der Waals surface area contributed by atoms with Gasteiger partial charge in [0, 0.05) is 61.1 Å². The molecule has 0 spiro atoms. The number of fused-ring (bicyclic) bond motifs is 2. The molecule has 2 aromatic carbocycles. The van der Waals surface area contributed by atoms with E-state index in [0.717, 1.165) is 57.2 Å². The third kappa shape index (κ3) is 5.17. The van der Waals surface area contributed by atoms with Crippen LogP contribution in [0.4, 0.5) is 17.5 Å². The van der Waals surface area contributed by atoms with Crippen LogP contribution in [0.5, 0.6) is 0 Å². The zero-order valence-electron chi connectivity index (χ0n) is 24.1. The summed E-state index contributed by atoms with van der Waals surface area (Å²) >= 11 is 6.45. The average molecular weight is 582 g/mol. The minimum atomic E-state index is 0.402. The van der Waals surface area contributed by atoms with Gasteiger partial charge >= 0.3 is 0 Å². The molecule has 5 aromatic rings. The Morgan fingerprint density at radius 1 is 0.905 bits per heavy atom. The molecule has 1 aliphatic heterocycles. The van der Waals surface area contributed by atoms with Crippen molar-refractivity contribution in [3.05, 3.63) is 65.7 Å². The summed E-state index contributed by atoms with van der Waals surface area (Å²) in [6.45, 7) is 6.72. The molecule has 1 saturated heterocycles. The molecule has 216 valence electrons. The Morgan fingerprint density at radius 2 is 1.64 bits per heavy atom. The van der Waals surface area contributed by atoms with Gasteiger partial charge < -0.3 is 20.5 Å². The average Bonchev–Trinajstić information content (AvgIpc) is 3.39. The second kappa shape index (κ2) is 11.1. The van der Waals surface area contributed by atoms with E-state index in [1.54, 1.807) is 6.33 Å². The Labute approximate surface area is 250 Å². The van der Waals surface area contributed by atoms with E-state index in [9.17, 15) is 0 Å². The van der Waals surface area contributed by atoms with Crippen LogP contribution in [0.25, 0.3) is 33.1 Å². The first-order chi connectivity index (χ1) is 20.4. The second-order valence-corrected chi connectivity index (χ2v) is 12.1. The summed E-state index contributed by atoms with van der Waals surface area (Å²) in [4.78, 5) is 23.3. The Bertz CT molecular complexity index is 1730. The number of rotatable bonds is 5. The quantitative estimate of drug-likeness (QED) is 0.242. The predicted molar refractivity (Wildman–Crippen MR) is 170 cm³/mol. The molecule has 2 fully saturated rings. The maximum Gasteiger partial charge on any atom is 0.229 e. The number of aromatic nitrogens is 5. The van der Waals surface area contributed by atoms with Crippen molar-refractivity contribution in [3.8, 4) is 11.1 Å². The van der Waals surface area contributed by atoms with E-state index >= 15 is 0 Å². The Kier molecular flexibility index (Phi) is 7.17. The van der Waals surface area contributed by atoms with Gasteiger partial charge in [-0.05, 0) is 75.0 Å². The van der Waals surface area contributed by atoms with Gasteiger partial charge in [-0.1, -0.05) is 29.8 Å². The summed E-state index contributed by atoms with van der Waals surface area (Å²) in [5.41, 5.74) is 12.3. The van der Waals surface area contributed by atoms with E-state index in [2.05, 4.69) is 60.0 Å². The third-order valence-corrected chi connectivity index (χ3v) is 9.30. The van der Waals surface area contributed by atoms with Gasteiger partial charge in [0.1, 0.15) is 22.9 Å². The molecule has 2 aliphatic rings. The lowest BCUT2D eigenvalue weighted by molar-refractivity contribution is 0.0828. The van der Waals surface area contributed by atoms with Crippen molar-refractivity contribution >= 4 is 51.0 Å². The number of likely N-dealkylation sites (N-methyl/N-ethyl adjacent to an activating group) is 1. The molecule has 0 unspecified atom stereocenters. The number of benzene rings is 2. The van der Waals surface area contributed by atoms with Crippen LogP contribution in [0.1, 0.15) is 37.3 Å². The van der Waals surface area contributed by atoms with E-state index in [0.29, 0.717) is 29.0 Å². The highest BCUT2D eigenvalue weighted by Gasteiger charge is 2.30. The van der Waals surface area contributed by atoms with Gasteiger partial charge in [-0.3, -0.25) is 4.90 Å². The van der Waals surface area contributed by atoms with Crippen LogP contribution in [-0.4, -0.2) is 73.6 Å². The van der Waals surface area contributed by atoms with Gasteiger partial charge in [-0.2, -0.15) is 0 Å². The number of nitrogens with two attached hydrogens (primary N) is 1. The van der Waals surface area contributed by atoms with Crippen molar-refractivity contribution in [2.45, 2.75) is 44.7 Å². The summed E-state index contributed by atoms with van der Waals surface area (Å²) in [7, 11) is 2.22. The standard InChI is InChI=1S/C32H36ClN9/c1-20-3-12-25-27(17-20)38-32(39-29(25)33)37-22-6-4-21(5-7-22)26-18-42(31-28(26)30(34)35-19-36-31)24-10-8-23(9-11-24)41-15-13-40(2)14-16-41/h3-7,12,17-19,23-24H,8-11,13-16H2,1-2H3,(H2,34,35,36)(H,37,38,39)/t23-,24-. The van der Waals surface area contributed by atoms with E-state index in [1.165, 1.54) is 39.0 Å². The zero-order chi connectivity index (χ0) is 28.8. The van der Waals surface area contributed by atoms with Crippen molar-refractivity contribution in [1.29, 1.82) is 0 Å². The lowest BCUT2D eigenvalue weighted by atomic mass is 9.89. The number of anilines is 3. The molecule has 3 N–H and O–H groups in total. The minimum absolute atomic E-state index is 0.402. The highest BCUT2D eigenvalue weighted by Crippen LogP contribution is 2.39. The van der Waals surface area contributed by atoms with Crippen molar-refractivity contribution in [3.63, 3.8) is 0 Å². The van der Waals surface area contributed by atoms with Crippen molar-refractivity contribution in [1.82, 2.24) is 34.3 Å². The van der Waals surface area contributed by atoms with Gasteiger partial charge in [-0.25, -0.2) is 19.9 Å². The maximum absolute atomic E-state index is 6.45. The van der Waals surface area contributed by atoms with Crippen LogP contribution >= 0.6 is 11.6 Å². The molecule has 7 rings (SSSR count). The number of halogens is 1. The molecule has 3 aromatic heterocycles. The molecule has 0 amide bonds. The molecular formula is C32H36ClN9. The molecule has 42 heavy (non-hydrogen) atoms. The Balaban J connectivity index is 1.13. The normalized spacial score (nSPS) is 20.4. The van der Waals surface area contributed by atoms with E-state index < -0.39 is 0 Å². The van der Waals surface area contributed by atoms with Gasteiger partial charge in [0.2, 0.25) is 5.95 Å². The molecule has 0 radical (unpaired) electrons. The minimum Gasteiger partial charge on any atom is -0.383 e. The fourth-order valence-electron chi connectivity index (χ4n) is 6.61. The monoisotopic (exact) mass is 581 g/mol. The van der Waals surface area contributed by atoms with Crippen LogP contribution in [0.3, 0.4) is 0 Å². The van der Waals surface area contributed by atoms with Crippen LogP contribution in [0.2, 0.25) is 5.15 Å². The first-order valence-corrected chi connectivity index (χ1v) is 15.2. The number of aryl methyl sites for hydroxylation is 1. The van der Waals surface area contributed by atoms with Crippen LogP contribution in [0.15, 0.2) is 55.0 Å². The van der Waals surface area contributed by atoms with E-state index in [4.69, 9.17) is 22.3 Å². The van der Waals surface area contributed by atoms with Gasteiger partial charge in [-0.15, -0.1) is 0 Å². The van der Waals surface area contributed by atoms with Crippen LogP contribution in [-0.2, 0) is 0 Å². The van der Waals surface area contributed by atoms with Crippen LogP contribution in [0, 0.1) is 6.92 Å². The third-order valence-electron chi connectivity index (χ3n) is 9.01. The summed E-state index contributed by atoms with van der Waals surface area (Å²) in [6.07, 6.45) is 8.52. The summed E-state index contributed by atoms with van der Waals surface area (Å²) < 4.78 is 2.35. The molecule has 1 aliphatic carbocycles. The fraction of sp³-hybridized carbons (Fsp3) is 0.375. The zero-order valence-corrected chi connectivity index (χ0v) is 24.8. The van der Waals surface area contributed by atoms with Crippen molar-refractivity contribution < 1.29 is 0 Å². The molecule has 4 heterocycles.